The lowest BCUT2D eigenvalue weighted by Gasteiger charge is -2.36. The number of nitrogens with zero attached hydrogens (tertiary/aromatic N) is 4. The van der Waals surface area contributed by atoms with Crippen LogP contribution in [0.15, 0.2) is 58.4 Å². The Kier molecular flexibility index (Phi) is 6.19. The molecule has 5 nitrogen and oxygen atoms in total. The monoisotopic (exact) mass is 460 g/mol. The molecule has 32 heavy (non-hydrogen) atoms. The molecule has 0 aromatic heterocycles. The van der Waals surface area contributed by atoms with Gasteiger partial charge in [0.1, 0.15) is 0 Å². The Balaban J connectivity index is 1.38. The molecule has 4 rings (SSSR count). The van der Waals surface area contributed by atoms with Crippen molar-refractivity contribution in [1.29, 1.82) is 0 Å². The number of amidine groups is 1. The van der Waals surface area contributed by atoms with Crippen molar-refractivity contribution >= 4 is 40.3 Å². The summed E-state index contributed by atoms with van der Waals surface area (Å²) < 4.78 is 39.0. The zero-order chi connectivity index (χ0) is 22.9. The molecule has 2 aromatic rings. The Morgan fingerprint density at radius 2 is 1.66 bits per heavy atom. The number of aliphatic imine (C=N–C) groups is 1. The van der Waals surface area contributed by atoms with Gasteiger partial charge in [-0.15, -0.1) is 0 Å². The Bertz CT molecular complexity index is 1060. The molecule has 0 unspecified atom stereocenters. The van der Waals surface area contributed by atoms with Gasteiger partial charge in [-0.25, -0.2) is 0 Å². The van der Waals surface area contributed by atoms with Crippen molar-refractivity contribution in [2.75, 3.05) is 50.1 Å². The first-order valence-corrected chi connectivity index (χ1v) is 11.0. The Morgan fingerprint density at radius 1 is 1.00 bits per heavy atom. The van der Waals surface area contributed by atoms with Crippen molar-refractivity contribution in [2.45, 2.75) is 6.18 Å². The molecule has 2 aromatic carbocycles. The number of carbonyl (C=O) groups is 1. The van der Waals surface area contributed by atoms with E-state index in [9.17, 15) is 18.0 Å². The van der Waals surface area contributed by atoms with Crippen molar-refractivity contribution in [3.8, 4) is 0 Å². The Labute approximate surface area is 189 Å². The van der Waals surface area contributed by atoms with Crippen LogP contribution in [0.1, 0.15) is 11.1 Å². The smallest absolute Gasteiger partial charge is 0.378 e. The molecule has 1 fully saturated rings. The molecular formula is C23H23F3N4OS. The zero-order valence-corrected chi connectivity index (χ0v) is 18.6. The number of hydrogen-bond acceptors (Lipinski definition) is 5. The highest BCUT2D eigenvalue weighted by molar-refractivity contribution is 8.18. The number of halogens is 3. The maximum Gasteiger partial charge on any atom is 0.416 e. The largest absolute Gasteiger partial charge is 0.416 e. The molecule has 0 bridgehead atoms. The summed E-state index contributed by atoms with van der Waals surface area (Å²) in [6, 6.07) is 13.3. The molecule has 1 saturated heterocycles. The number of benzene rings is 2. The van der Waals surface area contributed by atoms with Gasteiger partial charge in [0.15, 0.2) is 5.17 Å². The third kappa shape index (κ3) is 4.93. The first-order chi connectivity index (χ1) is 15.2. The van der Waals surface area contributed by atoms with Gasteiger partial charge in [-0.3, -0.25) is 4.79 Å². The van der Waals surface area contributed by atoms with Gasteiger partial charge in [0.05, 0.1) is 10.5 Å². The maximum absolute atomic E-state index is 13.0. The first kappa shape index (κ1) is 22.3. The van der Waals surface area contributed by atoms with Crippen molar-refractivity contribution < 1.29 is 18.0 Å². The van der Waals surface area contributed by atoms with E-state index in [1.807, 2.05) is 59.1 Å². The van der Waals surface area contributed by atoms with Crippen LogP contribution in [0.25, 0.3) is 6.08 Å². The van der Waals surface area contributed by atoms with Gasteiger partial charge in [0, 0.05) is 51.6 Å². The van der Waals surface area contributed by atoms with Crippen molar-refractivity contribution in [2.24, 2.45) is 4.99 Å². The summed E-state index contributed by atoms with van der Waals surface area (Å²) in [5, 5.41) is 0.648. The summed E-state index contributed by atoms with van der Waals surface area (Å²) in [6.07, 6.45) is -2.52. The van der Waals surface area contributed by atoms with Crippen LogP contribution in [0.5, 0.6) is 0 Å². The van der Waals surface area contributed by atoms with Crippen molar-refractivity contribution in [3.05, 3.63) is 64.6 Å². The second kappa shape index (κ2) is 8.90. The van der Waals surface area contributed by atoms with E-state index in [1.54, 1.807) is 6.07 Å². The van der Waals surface area contributed by atoms with Crippen LogP contribution in [0.4, 0.5) is 24.5 Å². The molecule has 2 aliphatic heterocycles. The molecule has 0 radical (unpaired) electrons. The predicted octanol–water partition coefficient (Wildman–Crippen LogP) is 4.56. The molecule has 2 aliphatic rings. The molecule has 0 spiro atoms. The fraction of sp³-hybridized carbons (Fsp3) is 0.304. The SMILES string of the molecule is CN(C)c1ccc(C=C2SC(N3CCN(c4cccc(C(F)(F)F)c4)CC3)=NC2=O)cc1. The van der Waals surface area contributed by atoms with Gasteiger partial charge in [0.2, 0.25) is 0 Å². The van der Waals surface area contributed by atoms with Gasteiger partial charge in [-0.2, -0.15) is 18.2 Å². The third-order valence-electron chi connectivity index (χ3n) is 5.41. The summed E-state index contributed by atoms with van der Waals surface area (Å²) in [4.78, 5) is 23.1. The fourth-order valence-electron chi connectivity index (χ4n) is 3.59. The number of rotatable bonds is 3. The number of carbonyl (C=O) groups excluding carboxylic acids is 1. The number of alkyl halides is 3. The highest BCUT2D eigenvalue weighted by atomic mass is 32.2. The van der Waals surface area contributed by atoms with E-state index in [-0.39, 0.29) is 5.91 Å². The van der Waals surface area contributed by atoms with Crippen LogP contribution < -0.4 is 9.80 Å². The van der Waals surface area contributed by atoms with Crippen LogP contribution >= 0.6 is 11.8 Å². The second-order valence-electron chi connectivity index (χ2n) is 7.82. The average molecular weight is 461 g/mol. The van der Waals surface area contributed by atoms with Crippen LogP contribution in [0.2, 0.25) is 0 Å². The fourth-order valence-corrected chi connectivity index (χ4v) is 4.55. The molecule has 1 amide bonds. The van der Waals surface area contributed by atoms with E-state index in [4.69, 9.17) is 0 Å². The highest BCUT2D eigenvalue weighted by Crippen LogP contribution is 2.33. The minimum Gasteiger partial charge on any atom is -0.378 e. The van der Waals surface area contributed by atoms with E-state index in [2.05, 4.69) is 4.99 Å². The standard InChI is InChI=1S/C23H23F3N4OS/c1-28(2)18-8-6-16(7-9-18)14-20-21(31)27-22(32-20)30-12-10-29(11-13-30)19-5-3-4-17(15-19)23(24,25)26/h3-9,14-15H,10-13H2,1-2H3. The van der Waals surface area contributed by atoms with Crippen LogP contribution in [0.3, 0.4) is 0 Å². The van der Waals surface area contributed by atoms with Crippen LogP contribution in [0, 0.1) is 0 Å². The molecule has 0 N–H and O–H groups in total. The number of hydrogen-bond donors (Lipinski definition) is 0. The molecule has 9 heteroatoms. The lowest BCUT2D eigenvalue weighted by Crippen LogP contribution is -2.47. The zero-order valence-electron chi connectivity index (χ0n) is 17.8. The summed E-state index contributed by atoms with van der Waals surface area (Å²) in [5.41, 5.74) is 1.91. The van der Waals surface area contributed by atoms with E-state index in [1.165, 1.54) is 23.9 Å². The van der Waals surface area contributed by atoms with E-state index < -0.39 is 11.7 Å². The number of thioether (sulfide) groups is 1. The highest BCUT2D eigenvalue weighted by Gasteiger charge is 2.32. The second-order valence-corrected chi connectivity index (χ2v) is 8.83. The molecular weight excluding hydrogens is 437 g/mol. The van der Waals surface area contributed by atoms with Gasteiger partial charge >= 0.3 is 6.18 Å². The van der Waals surface area contributed by atoms with Gasteiger partial charge in [0.25, 0.3) is 5.91 Å². The van der Waals surface area contributed by atoms with Crippen molar-refractivity contribution in [1.82, 2.24) is 4.90 Å². The molecule has 168 valence electrons. The first-order valence-electron chi connectivity index (χ1n) is 10.2. The lowest BCUT2D eigenvalue weighted by molar-refractivity contribution is -0.137. The molecule has 0 saturated carbocycles. The third-order valence-corrected chi connectivity index (χ3v) is 6.45. The van der Waals surface area contributed by atoms with Crippen LogP contribution in [-0.4, -0.2) is 56.2 Å². The topological polar surface area (TPSA) is 39.1 Å². The van der Waals surface area contributed by atoms with Gasteiger partial charge < -0.3 is 14.7 Å². The van der Waals surface area contributed by atoms with E-state index in [0.29, 0.717) is 41.9 Å². The summed E-state index contributed by atoms with van der Waals surface area (Å²) in [7, 11) is 3.94. The lowest BCUT2D eigenvalue weighted by atomic mass is 10.1. The summed E-state index contributed by atoms with van der Waals surface area (Å²) in [6.45, 7) is 2.28. The molecule has 0 atom stereocenters. The quantitative estimate of drug-likeness (QED) is 0.628. The van der Waals surface area contributed by atoms with Crippen LogP contribution in [-0.2, 0) is 11.0 Å². The van der Waals surface area contributed by atoms with Gasteiger partial charge in [-0.05, 0) is 53.7 Å². The minimum atomic E-state index is -4.36. The van der Waals surface area contributed by atoms with E-state index >= 15 is 0 Å². The Hall–Kier alpha value is -2.94. The maximum atomic E-state index is 13.0. The van der Waals surface area contributed by atoms with Crippen molar-refractivity contribution in [3.63, 3.8) is 0 Å². The number of anilines is 2. The molecule has 0 aliphatic carbocycles. The normalized spacial score (nSPS) is 18.3. The summed E-state index contributed by atoms with van der Waals surface area (Å²) in [5.74, 6) is -0.262. The minimum absolute atomic E-state index is 0.262. The number of amides is 1. The van der Waals surface area contributed by atoms with E-state index in [0.717, 1.165) is 17.3 Å². The van der Waals surface area contributed by atoms with Gasteiger partial charge in [-0.1, -0.05) is 18.2 Å². The molecule has 2 heterocycles. The average Bonchev–Trinajstić information content (AvgIpc) is 3.14. The summed E-state index contributed by atoms with van der Waals surface area (Å²) >= 11 is 1.34. The Morgan fingerprint density at radius 3 is 2.28 bits per heavy atom. The predicted molar refractivity (Wildman–Crippen MR) is 124 cm³/mol. The number of piperazine rings is 1.